The zero-order chi connectivity index (χ0) is 15.0. The van der Waals surface area contributed by atoms with Crippen molar-refractivity contribution in [3.63, 3.8) is 0 Å². The van der Waals surface area contributed by atoms with Crippen LogP contribution in [-0.2, 0) is 9.59 Å². The van der Waals surface area contributed by atoms with E-state index in [1.54, 1.807) is 0 Å². The van der Waals surface area contributed by atoms with Gasteiger partial charge in [-0.25, -0.2) is 0 Å². The Kier molecular flexibility index (Phi) is 3.68. The molecule has 2 saturated heterocycles. The molecule has 1 aromatic rings. The van der Waals surface area contributed by atoms with Crippen LogP contribution in [0.1, 0.15) is 18.4 Å². The van der Waals surface area contributed by atoms with Crippen molar-refractivity contribution in [1.82, 2.24) is 4.90 Å². The number of nitrogens with zero attached hydrogens (tertiary/aromatic N) is 2. The van der Waals surface area contributed by atoms with E-state index in [2.05, 4.69) is 0 Å². The molecule has 0 aromatic heterocycles. The molecule has 2 heterocycles. The summed E-state index contributed by atoms with van der Waals surface area (Å²) in [5.74, 6) is -0.977. The van der Waals surface area contributed by atoms with Crippen molar-refractivity contribution in [3.05, 3.63) is 29.8 Å². The number of anilines is 1. The van der Waals surface area contributed by atoms with Crippen LogP contribution in [0.2, 0.25) is 0 Å². The Balaban J connectivity index is 1.69. The van der Waals surface area contributed by atoms with Gasteiger partial charge >= 0.3 is 5.97 Å². The Morgan fingerprint density at radius 1 is 1.19 bits per heavy atom. The first kappa shape index (κ1) is 14.1. The van der Waals surface area contributed by atoms with Gasteiger partial charge in [-0.3, -0.25) is 14.5 Å². The number of amides is 1. The van der Waals surface area contributed by atoms with Gasteiger partial charge in [-0.1, -0.05) is 17.7 Å². The average Bonchev–Trinajstić information content (AvgIpc) is 3.06. The summed E-state index contributed by atoms with van der Waals surface area (Å²) < 4.78 is 0. The van der Waals surface area contributed by atoms with Crippen LogP contribution in [0.15, 0.2) is 24.3 Å². The lowest BCUT2D eigenvalue weighted by molar-refractivity contribution is -0.141. The second kappa shape index (κ2) is 5.48. The van der Waals surface area contributed by atoms with Crippen molar-refractivity contribution < 1.29 is 14.7 Å². The highest BCUT2D eigenvalue weighted by atomic mass is 16.4. The molecular formula is C16H20N2O3. The number of rotatable bonds is 3. The lowest BCUT2D eigenvalue weighted by Crippen LogP contribution is -2.41. The van der Waals surface area contributed by atoms with Crippen LogP contribution in [0.4, 0.5) is 5.69 Å². The number of carboxylic acid groups (broad SMARTS) is 1. The van der Waals surface area contributed by atoms with E-state index in [0.717, 1.165) is 12.1 Å². The summed E-state index contributed by atoms with van der Waals surface area (Å²) in [5, 5.41) is 9.07. The monoisotopic (exact) mass is 288 g/mol. The Labute approximate surface area is 124 Å². The second-order valence-corrected chi connectivity index (χ2v) is 5.95. The van der Waals surface area contributed by atoms with Crippen molar-refractivity contribution in [2.24, 2.45) is 5.92 Å². The molecule has 1 N–H and O–H groups in total. The number of hydrogen-bond donors (Lipinski definition) is 1. The molecule has 5 nitrogen and oxygen atoms in total. The number of carboxylic acids is 1. The lowest BCUT2D eigenvalue weighted by Gasteiger charge is -2.23. The molecule has 0 saturated carbocycles. The van der Waals surface area contributed by atoms with Crippen molar-refractivity contribution in [1.29, 1.82) is 0 Å². The first-order valence-electron chi connectivity index (χ1n) is 7.41. The molecule has 2 fully saturated rings. The van der Waals surface area contributed by atoms with Gasteiger partial charge in [-0.15, -0.1) is 0 Å². The molecule has 2 aliphatic rings. The summed E-state index contributed by atoms with van der Waals surface area (Å²) in [7, 11) is 0. The molecule has 112 valence electrons. The topological polar surface area (TPSA) is 60.9 Å². The van der Waals surface area contributed by atoms with Gasteiger partial charge in [0, 0.05) is 18.8 Å². The first-order chi connectivity index (χ1) is 10.1. The molecule has 3 rings (SSSR count). The van der Waals surface area contributed by atoms with Gasteiger partial charge in [-0.2, -0.15) is 0 Å². The highest BCUT2D eigenvalue weighted by molar-refractivity contribution is 5.99. The van der Waals surface area contributed by atoms with Crippen LogP contribution in [0.25, 0.3) is 0 Å². The average molecular weight is 288 g/mol. The summed E-state index contributed by atoms with van der Waals surface area (Å²) in [5.41, 5.74) is 2.10. The molecule has 0 radical (unpaired) electrons. The first-order valence-corrected chi connectivity index (χ1v) is 7.41. The van der Waals surface area contributed by atoms with Gasteiger partial charge in [0.1, 0.15) is 0 Å². The molecule has 2 atom stereocenters. The molecule has 0 bridgehead atoms. The van der Waals surface area contributed by atoms with Crippen LogP contribution in [0, 0.1) is 12.8 Å². The number of likely N-dealkylation sites (tertiary alicyclic amines) is 1. The number of aliphatic carboxylic acids is 1. The third-order valence-electron chi connectivity index (χ3n) is 4.53. The molecular weight excluding hydrogens is 268 g/mol. The Hall–Kier alpha value is -1.88. The van der Waals surface area contributed by atoms with Crippen LogP contribution >= 0.6 is 0 Å². The standard InChI is InChI=1S/C16H20N2O3/c1-11-2-4-13(5-3-11)18-9-7-14(15(18)19)17-8-6-12(10-17)16(20)21/h2-5,12,14H,6-10H2,1H3,(H,20,21). The maximum Gasteiger partial charge on any atom is 0.307 e. The predicted molar refractivity (Wildman–Crippen MR) is 79.3 cm³/mol. The van der Waals surface area contributed by atoms with Gasteiger partial charge in [0.15, 0.2) is 0 Å². The summed E-state index contributed by atoms with van der Waals surface area (Å²) in [6, 6.07) is 7.80. The van der Waals surface area contributed by atoms with Crippen molar-refractivity contribution >= 4 is 17.6 Å². The van der Waals surface area contributed by atoms with Crippen molar-refractivity contribution in [2.75, 3.05) is 24.5 Å². The Morgan fingerprint density at radius 2 is 1.90 bits per heavy atom. The predicted octanol–water partition coefficient (Wildman–Crippen LogP) is 1.51. The van der Waals surface area contributed by atoms with E-state index in [-0.39, 0.29) is 17.9 Å². The fraction of sp³-hybridized carbons (Fsp3) is 0.500. The molecule has 21 heavy (non-hydrogen) atoms. The smallest absolute Gasteiger partial charge is 0.307 e. The van der Waals surface area contributed by atoms with Crippen LogP contribution < -0.4 is 4.90 Å². The Bertz CT molecular complexity index is 555. The number of carbonyl (C=O) groups excluding carboxylic acids is 1. The van der Waals surface area contributed by atoms with Crippen LogP contribution in [-0.4, -0.2) is 47.6 Å². The number of aryl methyl sites for hydroxylation is 1. The van der Waals surface area contributed by atoms with E-state index in [1.807, 2.05) is 41.0 Å². The van der Waals surface area contributed by atoms with Gasteiger partial charge in [-0.05, 0) is 38.4 Å². The van der Waals surface area contributed by atoms with Gasteiger partial charge in [0.2, 0.25) is 5.91 Å². The fourth-order valence-corrected chi connectivity index (χ4v) is 3.26. The summed E-state index contributed by atoms with van der Waals surface area (Å²) >= 11 is 0. The number of carbonyl (C=O) groups is 2. The summed E-state index contributed by atoms with van der Waals surface area (Å²) in [4.78, 5) is 27.5. The zero-order valence-electron chi connectivity index (χ0n) is 12.2. The molecule has 2 aliphatic heterocycles. The van der Waals surface area contributed by atoms with Crippen LogP contribution in [0.5, 0.6) is 0 Å². The van der Waals surface area contributed by atoms with E-state index in [9.17, 15) is 9.59 Å². The second-order valence-electron chi connectivity index (χ2n) is 5.95. The van der Waals surface area contributed by atoms with Crippen LogP contribution in [0.3, 0.4) is 0 Å². The highest BCUT2D eigenvalue weighted by Crippen LogP contribution is 2.28. The summed E-state index contributed by atoms with van der Waals surface area (Å²) in [6.07, 6.45) is 1.42. The van der Waals surface area contributed by atoms with E-state index in [1.165, 1.54) is 5.56 Å². The molecule has 2 unspecified atom stereocenters. The quantitative estimate of drug-likeness (QED) is 0.916. The minimum absolute atomic E-state index is 0.102. The minimum Gasteiger partial charge on any atom is -0.481 e. The molecule has 1 aromatic carbocycles. The molecule has 0 spiro atoms. The minimum atomic E-state index is -0.752. The maximum absolute atomic E-state index is 12.6. The zero-order valence-corrected chi connectivity index (χ0v) is 12.2. The molecule has 1 amide bonds. The number of hydrogen-bond acceptors (Lipinski definition) is 3. The molecule has 0 aliphatic carbocycles. The Morgan fingerprint density at radius 3 is 2.52 bits per heavy atom. The SMILES string of the molecule is Cc1ccc(N2CCC(N3CCC(C(=O)O)C3)C2=O)cc1. The van der Waals surface area contributed by atoms with E-state index in [0.29, 0.717) is 26.1 Å². The van der Waals surface area contributed by atoms with Crippen molar-refractivity contribution in [2.45, 2.75) is 25.8 Å². The van der Waals surface area contributed by atoms with Gasteiger partial charge < -0.3 is 10.0 Å². The normalized spacial score (nSPS) is 26.5. The van der Waals surface area contributed by atoms with E-state index >= 15 is 0 Å². The highest BCUT2D eigenvalue weighted by Gasteiger charge is 2.40. The van der Waals surface area contributed by atoms with Gasteiger partial charge in [0.25, 0.3) is 0 Å². The third kappa shape index (κ3) is 2.65. The maximum atomic E-state index is 12.6. The van der Waals surface area contributed by atoms with E-state index < -0.39 is 5.97 Å². The van der Waals surface area contributed by atoms with Crippen molar-refractivity contribution in [3.8, 4) is 0 Å². The molecule has 5 heteroatoms. The number of benzene rings is 1. The fourth-order valence-electron chi connectivity index (χ4n) is 3.26. The summed E-state index contributed by atoms with van der Waals surface area (Å²) in [6.45, 7) is 3.93. The largest absolute Gasteiger partial charge is 0.481 e. The van der Waals surface area contributed by atoms with E-state index in [4.69, 9.17) is 5.11 Å². The van der Waals surface area contributed by atoms with Gasteiger partial charge in [0.05, 0.1) is 12.0 Å². The lowest BCUT2D eigenvalue weighted by atomic mass is 10.1. The third-order valence-corrected chi connectivity index (χ3v) is 4.53.